The van der Waals surface area contributed by atoms with Crippen molar-refractivity contribution in [2.24, 2.45) is 0 Å². The van der Waals surface area contributed by atoms with Crippen LogP contribution in [0.15, 0.2) is 41.3 Å². The number of esters is 1. The Morgan fingerprint density at radius 1 is 1.14 bits per heavy atom. The van der Waals surface area contributed by atoms with Crippen molar-refractivity contribution in [3.8, 4) is 0 Å². The number of nitrogens with one attached hydrogen (secondary N) is 1. The molecule has 22 heavy (non-hydrogen) atoms. The topological polar surface area (TPSA) is 98.8 Å². The maximum Gasteiger partial charge on any atom is 0.421 e. The number of hydrogen-bond acceptors (Lipinski definition) is 6. The number of hydrogen-bond donors (Lipinski definition) is 1. The first-order valence-electron chi connectivity index (χ1n) is 6.36. The molecule has 1 rings (SSSR count). The summed E-state index contributed by atoms with van der Waals surface area (Å²) in [5, 5.41) is 0. The van der Waals surface area contributed by atoms with Crippen molar-refractivity contribution in [1.82, 2.24) is 4.72 Å². The zero-order valence-corrected chi connectivity index (χ0v) is 13.1. The lowest BCUT2D eigenvalue weighted by Gasteiger charge is -2.08. The fourth-order valence-corrected chi connectivity index (χ4v) is 2.62. The van der Waals surface area contributed by atoms with Crippen LogP contribution >= 0.6 is 0 Å². The Bertz CT molecular complexity index is 666. The van der Waals surface area contributed by atoms with Gasteiger partial charge in [0.25, 0.3) is 10.0 Å². The van der Waals surface area contributed by atoms with Crippen LogP contribution < -0.4 is 4.72 Å². The van der Waals surface area contributed by atoms with E-state index in [1.165, 1.54) is 25.1 Å². The molecule has 1 amide bonds. The minimum atomic E-state index is -3.97. The van der Waals surface area contributed by atoms with Crippen molar-refractivity contribution in [1.29, 1.82) is 0 Å². The highest BCUT2D eigenvalue weighted by molar-refractivity contribution is 7.90. The fraction of sp³-hybridized carbons (Fsp3) is 0.286. The molecule has 1 aromatic rings. The Hall–Kier alpha value is -2.35. The minimum Gasteiger partial charge on any atom is -0.462 e. The van der Waals surface area contributed by atoms with Gasteiger partial charge in [-0.15, -0.1) is 0 Å². The van der Waals surface area contributed by atoms with Gasteiger partial charge in [0.1, 0.15) is 13.2 Å². The number of ether oxygens (including phenoxy) is 2. The highest BCUT2D eigenvalue weighted by Crippen LogP contribution is 2.13. The van der Waals surface area contributed by atoms with Crippen molar-refractivity contribution in [3.63, 3.8) is 0 Å². The molecule has 0 aliphatic carbocycles. The number of sulfonamides is 1. The molecule has 0 spiro atoms. The molecule has 0 radical (unpaired) electrons. The Kier molecular flexibility index (Phi) is 6.58. The standard InChI is InChI=1S/C14H17NO6S/c1-11-7-3-4-8-13(11)22(18,19)15-14(17)21-10-6-5-9-20-12(2)16/h3-8H,9-10H2,1-2H3,(H,15,17)/b6-5-. The summed E-state index contributed by atoms with van der Waals surface area (Å²) in [7, 11) is -3.97. The van der Waals surface area contributed by atoms with E-state index in [1.807, 2.05) is 4.72 Å². The van der Waals surface area contributed by atoms with E-state index in [-0.39, 0.29) is 18.1 Å². The lowest BCUT2D eigenvalue weighted by molar-refractivity contribution is -0.139. The van der Waals surface area contributed by atoms with E-state index < -0.39 is 22.1 Å². The number of aryl methyl sites for hydroxylation is 1. The van der Waals surface area contributed by atoms with Gasteiger partial charge in [0, 0.05) is 6.92 Å². The maximum absolute atomic E-state index is 12.0. The SMILES string of the molecule is CC(=O)OC/C=C\COC(=O)NS(=O)(=O)c1ccccc1C. The van der Waals surface area contributed by atoms with Crippen molar-refractivity contribution in [2.75, 3.05) is 13.2 Å². The summed E-state index contributed by atoms with van der Waals surface area (Å²) < 4.78 is 35.1. The number of benzene rings is 1. The molecule has 7 nitrogen and oxygen atoms in total. The first-order valence-corrected chi connectivity index (χ1v) is 7.85. The van der Waals surface area contributed by atoms with Crippen LogP contribution in [0.5, 0.6) is 0 Å². The highest BCUT2D eigenvalue weighted by atomic mass is 32.2. The van der Waals surface area contributed by atoms with Crippen LogP contribution in [0.4, 0.5) is 4.79 Å². The molecule has 0 unspecified atom stereocenters. The van der Waals surface area contributed by atoms with Gasteiger partial charge in [0.05, 0.1) is 4.90 Å². The van der Waals surface area contributed by atoms with Crippen molar-refractivity contribution in [3.05, 3.63) is 42.0 Å². The van der Waals surface area contributed by atoms with Gasteiger partial charge in [-0.05, 0) is 30.7 Å². The average Bonchev–Trinajstić information content (AvgIpc) is 2.42. The average molecular weight is 327 g/mol. The number of rotatable bonds is 6. The third kappa shape index (κ3) is 5.96. The highest BCUT2D eigenvalue weighted by Gasteiger charge is 2.19. The van der Waals surface area contributed by atoms with Crippen molar-refractivity contribution in [2.45, 2.75) is 18.7 Å². The molecule has 1 N–H and O–H groups in total. The van der Waals surface area contributed by atoms with Crippen LogP contribution in [-0.4, -0.2) is 33.7 Å². The monoisotopic (exact) mass is 327 g/mol. The van der Waals surface area contributed by atoms with Gasteiger partial charge in [0.2, 0.25) is 0 Å². The van der Waals surface area contributed by atoms with Gasteiger partial charge in [-0.2, -0.15) is 0 Å². The molecule has 120 valence electrons. The van der Waals surface area contributed by atoms with Crippen LogP contribution in [0.2, 0.25) is 0 Å². The number of amides is 1. The summed E-state index contributed by atoms with van der Waals surface area (Å²) in [5.41, 5.74) is 0.518. The number of carbonyl (C=O) groups excluding carboxylic acids is 2. The van der Waals surface area contributed by atoms with Gasteiger partial charge >= 0.3 is 12.1 Å². The molecule has 0 bridgehead atoms. The van der Waals surface area contributed by atoms with E-state index in [0.717, 1.165) is 0 Å². The summed E-state index contributed by atoms with van der Waals surface area (Å²) in [5.74, 6) is -0.423. The molecule has 0 aliphatic rings. The zero-order valence-electron chi connectivity index (χ0n) is 12.2. The van der Waals surface area contributed by atoms with Gasteiger partial charge < -0.3 is 9.47 Å². The molecule has 0 aliphatic heterocycles. The second kappa shape index (κ2) is 8.18. The van der Waals surface area contributed by atoms with E-state index in [0.29, 0.717) is 5.56 Å². The first kappa shape index (κ1) is 17.7. The van der Waals surface area contributed by atoms with E-state index in [2.05, 4.69) is 9.47 Å². The van der Waals surface area contributed by atoms with Gasteiger partial charge in [-0.25, -0.2) is 17.9 Å². The Balaban J connectivity index is 2.48. The van der Waals surface area contributed by atoms with Crippen LogP contribution in [0.3, 0.4) is 0 Å². The first-order chi connectivity index (χ1) is 10.3. The van der Waals surface area contributed by atoms with Crippen LogP contribution in [0.25, 0.3) is 0 Å². The van der Waals surface area contributed by atoms with Crippen molar-refractivity contribution >= 4 is 22.1 Å². The molecular weight excluding hydrogens is 310 g/mol. The molecule has 0 aromatic heterocycles. The third-order valence-electron chi connectivity index (χ3n) is 2.46. The van der Waals surface area contributed by atoms with E-state index in [1.54, 1.807) is 25.1 Å². The third-order valence-corrected chi connectivity index (χ3v) is 3.93. The largest absolute Gasteiger partial charge is 0.462 e. The lowest BCUT2D eigenvalue weighted by atomic mass is 10.2. The van der Waals surface area contributed by atoms with Gasteiger partial charge in [-0.3, -0.25) is 4.79 Å². The molecule has 0 saturated carbocycles. The Labute approximate surface area is 129 Å². The molecule has 0 fully saturated rings. The lowest BCUT2D eigenvalue weighted by Crippen LogP contribution is -2.31. The molecule has 8 heteroatoms. The predicted molar refractivity (Wildman–Crippen MR) is 78.6 cm³/mol. The summed E-state index contributed by atoms with van der Waals surface area (Å²) in [6, 6.07) is 6.27. The summed E-state index contributed by atoms with van der Waals surface area (Å²) >= 11 is 0. The number of carbonyl (C=O) groups is 2. The normalized spacial score (nSPS) is 11.2. The van der Waals surface area contributed by atoms with E-state index >= 15 is 0 Å². The van der Waals surface area contributed by atoms with Crippen LogP contribution in [0, 0.1) is 6.92 Å². The molecule has 0 atom stereocenters. The predicted octanol–water partition coefficient (Wildman–Crippen LogP) is 1.53. The van der Waals surface area contributed by atoms with Crippen molar-refractivity contribution < 1.29 is 27.5 Å². The van der Waals surface area contributed by atoms with Gasteiger partial charge in [-0.1, -0.05) is 18.2 Å². The Morgan fingerprint density at radius 3 is 2.32 bits per heavy atom. The van der Waals surface area contributed by atoms with E-state index in [9.17, 15) is 18.0 Å². The van der Waals surface area contributed by atoms with Gasteiger partial charge in [0.15, 0.2) is 0 Å². The Morgan fingerprint density at radius 2 is 1.73 bits per heavy atom. The molecule has 1 aromatic carbocycles. The summed E-state index contributed by atoms with van der Waals surface area (Å²) in [6.07, 6.45) is 1.83. The molecular formula is C14H17NO6S. The quantitative estimate of drug-likeness (QED) is 0.628. The zero-order chi connectivity index (χ0) is 16.6. The second-order valence-electron chi connectivity index (χ2n) is 4.24. The van der Waals surface area contributed by atoms with Crippen LogP contribution in [0.1, 0.15) is 12.5 Å². The minimum absolute atomic E-state index is 0.0114. The van der Waals surface area contributed by atoms with Crippen LogP contribution in [-0.2, 0) is 24.3 Å². The smallest absolute Gasteiger partial charge is 0.421 e. The molecule has 0 heterocycles. The fourth-order valence-electron chi connectivity index (χ4n) is 1.48. The summed E-state index contributed by atoms with van der Waals surface area (Å²) in [4.78, 5) is 21.9. The second-order valence-corrected chi connectivity index (χ2v) is 5.89. The summed E-state index contributed by atoms with van der Waals surface area (Å²) in [6.45, 7) is 2.81. The maximum atomic E-state index is 12.0. The molecule has 0 saturated heterocycles. The van der Waals surface area contributed by atoms with E-state index in [4.69, 9.17) is 0 Å².